The van der Waals surface area contributed by atoms with Crippen LogP contribution in [0.5, 0.6) is 0 Å². The molecule has 2 aliphatic heterocycles. The number of thioether (sulfide) groups is 1. The average molecular weight is 404 g/mol. The molecule has 26 heavy (non-hydrogen) atoms. The Kier molecular flexibility index (Phi) is 6.38. The van der Waals surface area contributed by atoms with E-state index >= 15 is 0 Å². The Morgan fingerprint density at radius 3 is 2.73 bits per heavy atom. The highest BCUT2D eigenvalue weighted by Crippen LogP contribution is 2.37. The number of carbonyl (C=O) groups excluding carboxylic acids is 2. The standard InChI is InChI=1S/C16H25N3O5S2/c1-5-8-19-11-9-26(22,23)10-12(11)25-14(19)18-13(20)6-7-17-15(21)24-16(2,3)4/h5,11-12H,1,6-10H2,2-4H3,(H,17,21). The fourth-order valence-corrected chi connectivity index (χ4v) is 6.71. The lowest BCUT2D eigenvalue weighted by atomic mass is 10.2. The van der Waals surface area contributed by atoms with Crippen LogP contribution in [0.1, 0.15) is 27.2 Å². The minimum atomic E-state index is -3.05. The number of amides is 2. The summed E-state index contributed by atoms with van der Waals surface area (Å²) in [5.41, 5.74) is -0.599. The van der Waals surface area contributed by atoms with Crippen molar-refractivity contribution in [2.75, 3.05) is 24.6 Å². The number of fused-ring (bicyclic) bond motifs is 1. The van der Waals surface area contributed by atoms with Crippen molar-refractivity contribution in [3.8, 4) is 0 Å². The molecule has 0 aliphatic carbocycles. The number of carbonyl (C=O) groups is 2. The Morgan fingerprint density at radius 1 is 1.42 bits per heavy atom. The quantitative estimate of drug-likeness (QED) is 0.687. The molecule has 2 amide bonds. The van der Waals surface area contributed by atoms with Gasteiger partial charge in [-0.15, -0.1) is 6.58 Å². The van der Waals surface area contributed by atoms with E-state index in [-0.39, 0.29) is 41.7 Å². The molecule has 2 unspecified atom stereocenters. The van der Waals surface area contributed by atoms with Crippen LogP contribution in [0, 0.1) is 0 Å². The maximum Gasteiger partial charge on any atom is 0.407 e. The second-order valence-corrected chi connectivity index (χ2v) is 10.6. The van der Waals surface area contributed by atoms with Gasteiger partial charge in [0.25, 0.3) is 0 Å². The topological polar surface area (TPSA) is 105 Å². The zero-order chi connectivity index (χ0) is 19.5. The lowest BCUT2D eigenvalue weighted by Gasteiger charge is -2.22. The maximum absolute atomic E-state index is 12.1. The molecule has 0 spiro atoms. The van der Waals surface area contributed by atoms with Gasteiger partial charge in [0.2, 0.25) is 5.91 Å². The monoisotopic (exact) mass is 403 g/mol. The summed E-state index contributed by atoms with van der Waals surface area (Å²) in [5, 5.41) is 2.93. The first kappa shape index (κ1) is 20.8. The lowest BCUT2D eigenvalue weighted by Crippen LogP contribution is -2.37. The minimum absolute atomic E-state index is 0.0405. The van der Waals surface area contributed by atoms with Crippen molar-refractivity contribution in [2.45, 2.75) is 44.1 Å². The van der Waals surface area contributed by atoms with Crippen LogP contribution in [-0.2, 0) is 19.4 Å². The second kappa shape index (κ2) is 7.99. The van der Waals surface area contributed by atoms with Crippen LogP contribution < -0.4 is 5.32 Å². The predicted octanol–water partition coefficient (Wildman–Crippen LogP) is 1.18. The van der Waals surface area contributed by atoms with Crippen molar-refractivity contribution >= 4 is 38.8 Å². The average Bonchev–Trinajstić information content (AvgIpc) is 2.90. The van der Waals surface area contributed by atoms with E-state index in [9.17, 15) is 18.0 Å². The van der Waals surface area contributed by atoms with Crippen molar-refractivity contribution in [1.29, 1.82) is 0 Å². The van der Waals surface area contributed by atoms with Crippen molar-refractivity contribution in [2.24, 2.45) is 4.99 Å². The van der Waals surface area contributed by atoms with Crippen molar-refractivity contribution in [3.05, 3.63) is 12.7 Å². The molecule has 0 aromatic carbocycles. The van der Waals surface area contributed by atoms with E-state index in [4.69, 9.17) is 4.74 Å². The van der Waals surface area contributed by atoms with Crippen LogP contribution in [0.3, 0.4) is 0 Å². The van der Waals surface area contributed by atoms with Crippen LogP contribution in [-0.4, -0.2) is 72.0 Å². The van der Waals surface area contributed by atoms with Gasteiger partial charge in [-0.05, 0) is 20.8 Å². The fourth-order valence-electron chi connectivity index (χ4n) is 2.74. The normalized spacial score (nSPS) is 25.8. The van der Waals surface area contributed by atoms with E-state index in [1.165, 1.54) is 11.8 Å². The number of ether oxygens (including phenoxy) is 1. The Labute approximate surface area is 158 Å². The number of aliphatic imine (C=N–C) groups is 1. The van der Waals surface area contributed by atoms with Crippen LogP contribution in [0.4, 0.5) is 4.79 Å². The molecule has 2 rings (SSSR count). The molecule has 2 saturated heterocycles. The zero-order valence-corrected chi connectivity index (χ0v) is 16.9. The van der Waals surface area contributed by atoms with Gasteiger partial charge in [-0.25, -0.2) is 13.2 Å². The lowest BCUT2D eigenvalue weighted by molar-refractivity contribution is -0.117. The van der Waals surface area contributed by atoms with Gasteiger partial charge in [0, 0.05) is 24.8 Å². The zero-order valence-electron chi connectivity index (χ0n) is 15.2. The van der Waals surface area contributed by atoms with Crippen LogP contribution in [0.2, 0.25) is 0 Å². The highest BCUT2D eigenvalue weighted by molar-refractivity contribution is 8.15. The molecule has 0 aromatic rings. The summed E-state index contributed by atoms with van der Waals surface area (Å²) in [5.74, 6) is -0.199. The molecular weight excluding hydrogens is 378 g/mol. The van der Waals surface area contributed by atoms with Crippen LogP contribution in [0.15, 0.2) is 17.6 Å². The molecule has 146 valence electrons. The molecule has 2 heterocycles. The van der Waals surface area contributed by atoms with Gasteiger partial charge in [-0.2, -0.15) is 4.99 Å². The van der Waals surface area contributed by atoms with Gasteiger partial charge in [0.15, 0.2) is 15.0 Å². The SMILES string of the molecule is C=CCN1C(=NC(=O)CCNC(=O)OC(C)(C)C)SC2CS(=O)(=O)CC21. The Balaban J connectivity index is 1.91. The third-order valence-corrected chi connectivity index (χ3v) is 6.98. The summed E-state index contributed by atoms with van der Waals surface area (Å²) in [6.45, 7) is 9.51. The first-order valence-electron chi connectivity index (χ1n) is 8.34. The number of alkyl carbamates (subject to hydrolysis) is 1. The molecule has 1 N–H and O–H groups in total. The first-order chi connectivity index (χ1) is 12.0. The van der Waals surface area contributed by atoms with Gasteiger partial charge in [0.05, 0.1) is 17.5 Å². The van der Waals surface area contributed by atoms with Crippen LogP contribution in [0.25, 0.3) is 0 Å². The number of sulfone groups is 1. The summed E-state index contributed by atoms with van der Waals surface area (Å²) in [4.78, 5) is 29.6. The number of rotatable bonds is 5. The number of nitrogens with one attached hydrogen (secondary N) is 1. The molecule has 0 bridgehead atoms. The summed E-state index contributed by atoms with van der Waals surface area (Å²) < 4.78 is 28.7. The van der Waals surface area contributed by atoms with Gasteiger partial charge < -0.3 is 15.0 Å². The van der Waals surface area contributed by atoms with E-state index in [1.54, 1.807) is 26.8 Å². The smallest absolute Gasteiger partial charge is 0.407 e. The third-order valence-electron chi connectivity index (χ3n) is 3.73. The molecule has 10 heteroatoms. The van der Waals surface area contributed by atoms with E-state index < -0.39 is 21.5 Å². The number of amidine groups is 1. The molecular formula is C16H25N3O5S2. The third kappa shape index (κ3) is 5.73. The molecule has 2 aliphatic rings. The van der Waals surface area contributed by atoms with Gasteiger partial charge in [-0.1, -0.05) is 17.8 Å². The van der Waals surface area contributed by atoms with Crippen LogP contribution >= 0.6 is 11.8 Å². The summed E-state index contributed by atoms with van der Waals surface area (Å²) in [6.07, 6.45) is 1.12. The van der Waals surface area contributed by atoms with Crippen molar-refractivity contribution in [1.82, 2.24) is 10.2 Å². The Bertz CT molecular complexity index is 712. The molecule has 0 radical (unpaired) electrons. The molecule has 0 saturated carbocycles. The molecule has 0 aromatic heterocycles. The Morgan fingerprint density at radius 2 is 2.12 bits per heavy atom. The van der Waals surface area contributed by atoms with Crippen molar-refractivity contribution in [3.63, 3.8) is 0 Å². The summed E-state index contributed by atoms with van der Waals surface area (Å²) in [6, 6.07) is -0.172. The molecule has 2 fully saturated rings. The molecule has 8 nitrogen and oxygen atoms in total. The largest absolute Gasteiger partial charge is 0.444 e. The van der Waals surface area contributed by atoms with E-state index in [0.29, 0.717) is 11.7 Å². The van der Waals surface area contributed by atoms with E-state index in [1.807, 2.05) is 4.90 Å². The second-order valence-electron chi connectivity index (χ2n) is 7.21. The minimum Gasteiger partial charge on any atom is -0.444 e. The van der Waals surface area contributed by atoms with Gasteiger partial charge in [0.1, 0.15) is 5.60 Å². The van der Waals surface area contributed by atoms with E-state index in [2.05, 4.69) is 16.9 Å². The van der Waals surface area contributed by atoms with Crippen molar-refractivity contribution < 1.29 is 22.7 Å². The van der Waals surface area contributed by atoms with Gasteiger partial charge in [-0.3, -0.25) is 4.79 Å². The summed E-state index contributed by atoms with van der Waals surface area (Å²) >= 11 is 1.32. The maximum atomic E-state index is 12.1. The Hall–Kier alpha value is -1.55. The highest BCUT2D eigenvalue weighted by Gasteiger charge is 2.48. The van der Waals surface area contributed by atoms with E-state index in [0.717, 1.165) is 0 Å². The highest BCUT2D eigenvalue weighted by atomic mass is 32.2. The predicted molar refractivity (Wildman–Crippen MR) is 102 cm³/mol. The fraction of sp³-hybridized carbons (Fsp3) is 0.688. The molecule has 2 atom stereocenters. The first-order valence-corrected chi connectivity index (χ1v) is 11.0. The number of hydrogen-bond acceptors (Lipinski definition) is 6. The number of nitrogens with zero attached hydrogens (tertiary/aromatic N) is 2. The summed E-state index contributed by atoms with van der Waals surface area (Å²) in [7, 11) is -3.05. The number of hydrogen-bond donors (Lipinski definition) is 1. The van der Waals surface area contributed by atoms with Gasteiger partial charge >= 0.3 is 6.09 Å².